The molecule has 3 fully saturated rings. The summed E-state index contributed by atoms with van der Waals surface area (Å²) in [6.07, 6.45) is 14.7. The molecular formula is C22H36O6. The minimum atomic E-state index is -0.939. The van der Waals surface area contributed by atoms with Crippen LogP contribution in [0.15, 0.2) is 12.2 Å². The number of allylic oxidation sites excluding steroid dienone is 2. The van der Waals surface area contributed by atoms with E-state index in [1.807, 2.05) is 0 Å². The van der Waals surface area contributed by atoms with Crippen LogP contribution in [0.2, 0.25) is 0 Å². The van der Waals surface area contributed by atoms with Crippen molar-refractivity contribution >= 4 is 5.97 Å². The molecule has 2 heterocycles. The molecule has 5 atom stereocenters. The highest BCUT2D eigenvalue weighted by atomic mass is 16.7. The standard InChI is InChI=1S/C22H36O6/c1-25-21(24)22-13-12-17(18(22)16-19(23)28-22)10-6-4-2-3-5-8-14-26-20-11-7-9-15-27-20/h6,10,17-20,23H,2-5,7-9,11-16H2,1H3/t17-,18+,19?,20?,22+/m0/s1. The largest absolute Gasteiger partial charge is 0.467 e. The maximum Gasteiger partial charge on any atom is 0.338 e. The van der Waals surface area contributed by atoms with Crippen LogP contribution < -0.4 is 0 Å². The molecule has 0 radical (unpaired) electrons. The molecular weight excluding hydrogens is 360 g/mol. The minimum Gasteiger partial charge on any atom is -0.467 e. The van der Waals surface area contributed by atoms with Crippen LogP contribution >= 0.6 is 0 Å². The van der Waals surface area contributed by atoms with E-state index in [2.05, 4.69) is 12.2 Å². The summed E-state index contributed by atoms with van der Waals surface area (Å²) >= 11 is 0. The Labute approximate surface area is 168 Å². The molecule has 0 bridgehead atoms. The Morgan fingerprint density at radius 2 is 2.07 bits per heavy atom. The summed E-state index contributed by atoms with van der Waals surface area (Å²) in [6, 6.07) is 0. The summed E-state index contributed by atoms with van der Waals surface area (Å²) in [5, 5.41) is 9.89. The van der Waals surface area contributed by atoms with Gasteiger partial charge in [0.1, 0.15) is 0 Å². The number of fused-ring (bicyclic) bond motifs is 1. The van der Waals surface area contributed by atoms with Crippen molar-refractivity contribution in [1.29, 1.82) is 0 Å². The van der Waals surface area contributed by atoms with Gasteiger partial charge in [0.25, 0.3) is 0 Å². The Kier molecular flexibility index (Phi) is 8.33. The van der Waals surface area contributed by atoms with Gasteiger partial charge in [-0.3, -0.25) is 0 Å². The number of ether oxygens (including phenoxy) is 4. The lowest BCUT2D eigenvalue weighted by atomic mass is 9.85. The van der Waals surface area contributed by atoms with Gasteiger partial charge in [0.05, 0.1) is 7.11 Å². The fraction of sp³-hybridized carbons (Fsp3) is 0.864. The normalized spacial score (nSPS) is 35.4. The summed E-state index contributed by atoms with van der Waals surface area (Å²) in [5.74, 6) is -0.0451. The molecule has 160 valence electrons. The first kappa shape index (κ1) is 21.8. The van der Waals surface area contributed by atoms with E-state index in [1.54, 1.807) is 0 Å². The summed E-state index contributed by atoms with van der Waals surface area (Å²) in [7, 11) is 1.39. The Bertz CT molecular complexity index is 515. The van der Waals surface area contributed by atoms with E-state index in [-0.39, 0.29) is 24.1 Å². The van der Waals surface area contributed by atoms with Crippen molar-refractivity contribution in [2.75, 3.05) is 20.3 Å². The zero-order chi connectivity index (χ0) is 19.8. The molecule has 2 unspecified atom stereocenters. The number of esters is 1. The van der Waals surface area contributed by atoms with Crippen molar-refractivity contribution in [2.45, 2.75) is 88.8 Å². The molecule has 3 aliphatic rings. The van der Waals surface area contributed by atoms with Gasteiger partial charge in [-0.1, -0.05) is 25.0 Å². The summed E-state index contributed by atoms with van der Waals surface area (Å²) in [5.41, 5.74) is -0.939. The lowest BCUT2D eigenvalue weighted by Gasteiger charge is -2.26. The Morgan fingerprint density at radius 1 is 1.21 bits per heavy atom. The van der Waals surface area contributed by atoms with E-state index >= 15 is 0 Å². The molecule has 1 N–H and O–H groups in total. The quantitative estimate of drug-likeness (QED) is 0.345. The van der Waals surface area contributed by atoms with Crippen LogP contribution in [0, 0.1) is 11.8 Å². The van der Waals surface area contributed by atoms with E-state index in [1.165, 1.54) is 26.4 Å². The molecule has 0 aromatic heterocycles. The fourth-order valence-corrected chi connectivity index (χ4v) is 4.88. The van der Waals surface area contributed by atoms with Gasteiger partial charge in [0.2, 0.25) is 0 Å². The van der Waals surface area contributed by atoms with Crippen molar-refractivity contribution in [1.82, 2.24) is 0 Å². The Balaban J connectivity index is 1.28. The monoisotopic (exact) mass is 396 g/mol. The molecule has 0 aromatic carbocycles. The second-order valence-electron chi connectivity index (χ2n) is 8.30. The first-order valence-electron chi connectivity index (χ1n) is 11.0. The van der Waals surface area contributed by atoms with Crippen LogP contribution in [0.5, 0.6) is 0 Å². The average molecular weight is 397 g/mol. The van der Waals surface area contributed by atoms with E-state index in [4.69, 9.17) is 18.9 Å². The molecule has 6 heteroatoms. The average Bonchev–Trinajstić information content (AvgIpc) is 3.22. The number of rotatable bonds is 10. The van der Waals surface area contributed by atoms with Crippen molar-refractivity contribution in [3.8, 4) is 0 Å². The number of hydrogen-bond donors (Lipinski definition) is 1. The molecule has 0 amide bonds. The van der Waals surface area contributed by atoms with E-state index in [9.17, 15) is 9.90 Å². The predicted octanol–water partition coefficient (Wildman–Crippen LogP) is 3.71. The van der Waals surface area contributed by atoms with Crippen LogP contribution in [0.4, 0.5) is 0 Å². The number of carbonyl (C=O) groups is 1. The Hall–Kier alpha value is -0.950. The van der Waals surface area contributed by atoms with Gasteiger partial charge in [0.15, 0.2) is 18.2 Å². The highest BCUT2D eigenvalue weighted by Crippen LogP contribution is 2.51. The molecule has 6 nitrogen and oxygen atoms in total. The maximum atomic E-state index is 12.2. The van der Waals surface area contributed by atoms with Gasteiger partial charge in [-0.05, 0) is 57.3 Å². The molecule has 2 saturated heterocycles. The third kappa shape index (κ3) is 5.35. The number of carbonyl (C=O) groups excluding carboxylic acids is 1. The van der Waals surface area contributed by atoms with E-state index in [0.717, 1.165) is 51.7 Å². The van der Waals surface area contributed by atoms with Gasteiger partial charge in [-0.2, -0.15) is 0 Å². The zero-order valence-electron chi connectivity index (χ0n) is 17.1. The Morgan fingerprint density at radius 3 is 2.86 bits per heavy atom. The van der Waals surface area contributed by atoms with Gasteiger partial charge in [-0.15, -0.1) is 0 Å². The van der Waals surface area contributed by atoms with Gasteiger partial charge in [-0.25, -0.2) is 4.79 Å². The number of aliphatic hydroxyl groups is 1. The van der Waals surface area contributed by atoms with Crippen molar-refractivity contribution in [3.63, 3.8) is 0 Å². The van der Waals surface area contributed by atoms with Crippen LogP contribution in [0.1, 0.15) is 70.6 Å². The van der Waals surface area contributed by atoms with E-state index in [0.29, 0.717) is 12.8 Å². The van der Waals surface area contributed by atoms with Gasteiger partial charge in [0, 0.05) is 25.6 Å². The predicted molar refractivity (Wildman–Crippen MR) is 104 cm³/mol. The lowest BCUT2D eigenvalue weighted by Crippen LogP contribution is -2.42. The molecule has 1 saturated carbocycles. The van der Waals surface area contributed by atoms with Gasteiger partial charge < -0.3 is 24.1 Å². The van der Waals surface area contributed by atoms with Crippen molar-refractivity contribution in [2.24, 2.45) is 11.8 Å². The number of hydrogen-bond acceptors (Lipinski definition) is 6. The fourth-order valence-electron chi connectivity index (χ4n) is 4.88. The number of methoxy groups -OCH3 is 1. The lowest BCUT2D eigenvalue weighted by molar-refractivity contribution is -0.186. The number of unbranched alkanes of at least 4 members (excludes halogenated alkanes) is 4. The van der Waals surface area contributed by atoms with Crippen LogP contribution in [-0.2, 0) is 23.7 Å². The molecule has 3 rings (SSSR count). The second kappa shape index (κ2) is 10.7. The molecule has 28 heavy (non-hydrogen) atoms. The third-order valence-corrected chi connectivity index (χ3v) is 6.39. The first-order valence-corrected chi connectivity index (χ1v) is 11.0. The maximum absolute atomic E-state index is 12.2. The highest BCUT2D eigenvalue weighted by molar-refractivity contribution is 5.81. The molecule has 2 aliphatic heterocycles. The third-order valence-electron chi connectivity index (χ3n) is 6.39. The van der Waals surface area contributed by atoms with Crippen LogP contribution in [-0.4, -0.2) is 49.6 Å². The van der Waals surface area contributed by atoms with Gasteiger partial charge >= 0.3 is 5.97 Å². The van der Waals surface area contributed by atoms with Crippen LogP contribution in [0.3, 0.4) is 0 Å². The summed E-state index contributed by atoms with van der Waals surface area (Å²) in [6.45, 7) is 1.63. The first-order chi connectivity index (χ1) is 13.7. The number of aliphatic hydroxyl groups excluding tert-OH is 1. The summed E-state index contributed by atoms with van der Waals surface area (Å²) < 4.78 is 21.9. The zero-order valence-corrected chi connectivity index (χ0v) is 17.1. The minimum absolute atomic E-state index is 0.0188. The van der Waals surface area contributed by atoms with E-state index < -0.39 is 11.9 Å². The topological polar surface area (TPSA) is 74.2 Å². The molecule has 1 aliphatic carbocycles. The van der Waals surface area contributed by atoms with Crippen molar-refractivity contribution < 1.29 is 28.8 Å². The molecule has 0 spiro atoms. The van der Waals surface area contributed by atoms with Crippen LogP contribution in [0.25, 0.3) is 0 Å². The molecule has 0 aromatic rings. The smallest absolute Gasteiger partial charge is 0.338 e. The highest BCUT2D eigenvalue weighted by Gasteiger charge is 2.60. The summed E-state index contributed by atoms with van der Waals surface area (Å²) in [4.78, 5) is 12.2. The second-order valence-corrected chi connectivity index (χ2v) is 8.30. The van der Waals surface area contributed by atoms with Crippen molar-refractivity contribution in [3.05, 3.63) is 12.2 Å². The SMILES string of the molecule is COC(=O)[C@@]12CC[C@H](C=CCCCCCCOC3CCCCO3)[C@H]1CC(O)O2.